The lowest BCUT2D eigenvalue weighted by molar-refractivity contribution is -0.107. The number of ether oxygens (including phenoxy) is 4. The number of benzene rings is 2. The van der Waals surface area contributed by atoms with Gasteiger partial charge in [0.1, 0.15) is 0 Å². The Bertz CT molecular complexity index is 1780. The smallest absolute Gasteiger partial charge is 0.246 e. The summed E-state index contributed by atoms with van der Waals surface area (Å²) >= 11 is 13.8. The summed E-state index contributed by atoms with van der Waals surface area (Å²) < 4.78 is 27.1. The molecule has 0 saturated carbocycles. The van der Waals surface area contributed by atoms with Crippen LogP contribution in [0.2, 0.25) is 10.0 Å². The zero-order valence-corrected chi connectivity index (χ0v) is 41.3. The van der Waals surface area contributed by atoms with Crippen molar-refractivity contribution in [3.8, 4) is 6.19 Å². The normalized spacial score (nSPS) is 23.1. The van der Waals surface area contributed by atoms with Gasteiger partial charge in [-0.25, -0.2) is 5.10 Å². The Kier molecular flexibility index (Phi) is 24.9. The molecule has 352 valence electrons. The number of hydrogen-bond donors (Lipinski definition) is 3. The minimum atomic E-state index is -0.0432. The van der Waals surface area contributed by atoms with Crippen molar-refractivity contribution in [3.05, 3.63) is 69.7 Å². The fraction of sp³-hybridized carbons (Fsp3) is 0.659. The highest BCUT2D eigenvalue weighted by atomic mass is 35.5. The number of nitrogens with two attached hydrogens (primary N) is 1. The van der Waals surface area contributed by atoms with Gasteiger partial charge in [-0.05, 0) is 113 Å². The number of rotatable bonds is 15. The van der Waals surface area contributed by atoms with Crippen LogP contribution in [0.25, 0.3) is 0 Å². The van der Waals surface area contributed by atoms with Gasteiger partial charge in [-0.1, -0.05) is 58.2 Å². The summed E-state index contributed by atoms with van der Waals surface area (Å²) in [5.41, 5.74) is 8.30. The molecule has 0 bridgehead atoms. The van der Waals surface area contributed by atoms with Crippen molar-refractivity contribution >= 4 is 70.0 Å². The minimum Gasteiger partial charge on any atom is -0.379 e. The van der Waals surface area contributed by atoms with E-state index in [1.807, 2.05) is 50.6 Å². The molecule has 0 amide bonds. The van der Waals surface area contributed by atoms with E-state index in [9.17, 15) is 0 Å². The number of nitriles is 1. The third kappa shape index (κ3) is 18.2. The van der Waals surface area contributed by atoms with E-state index in [1.54, 1.807) is 18.0 Å². The molecule has 63 heavy (non-hydrogen) atoms. The van der Waals surface area contributed by atoms with Gasteiger partial charge in [-0.15, -0.1) is 17.5 Å². The Morgan fingerprint density at radius 2 is 1.35 bits per heavy atom. The monoisotopic (exact) mass is 970 g/mol. The highest BCUT2D eigenvalue weighted by Gasteiger charge is 2.37. The van der Waals surface area contributed by atoms with Crippen molar-refractivity contribution < 1.29 is 18.9 Å². The average Bonchev–Trinajstić information content (AvgIpc) is 3.74. The highest BCUT2D eigenvalue weighted by Crippen LogP contribution is 2.28. The summed E-state index contributed by atoms with van der Waals surface area (Å²) in [6, 6.07) is 18.3. The number of nitrogen functional groups attached to an aromatic ring is 1. The largest absolute Gasteiger partial charge is 0.379 e. The van der Waals surface area contributed by atoms with Crippen LogP contribution in [0.3, 0.4) is 0 Å². The number of thioether (sulfide) groups is 1. The van der Waals surface area contributed by atoms with Crippen LogP contribution in [0.15, 0.2) is 52.9 Å². The molecule has 5 atom stereocenters. The van der Waals surface area contributed by atoms with Crippen molar-refractivity contribution in [3.63, 3.8) is 0 Å². The van der Waals surface area contributed by atoms with Gasteiger partial charge < -0.3 is 34.9 Å². The van der Waals surface area contributed by atoms with Crippen LogP contribution in [0.4, 0.5) is 11.9 Å². The fourth-order valence-electron chi connectivity index (χ4n) is 8.50. The summed E-state index contributed by atoms with van der Waals surface area (Å²) in [6.45, 7) is 14.3. The van der Waals surface area contributed by atoms with E-state index in [0.29, 0.717) is 55.9 Å². The molecule has 1 aromatic heterocycles. The van der Waals surface area contributed by atoms with Crippen LogP contribution in [-0.4, -0.2) is 158 Å². The van der Waals surface area contributed by atoms with Gasteiger partial charge in [0, 0.05) is 73.6 Å². The summed E-state index contributed by atoms with van der Waals surface area (Å²) in [5, 5.41) is 21.0. The highest BCUT2D eigenvalue weighted by molar-refractivity contribution is 8.10. The van der Waals surface area contributed by atoms with E-state index in [-0.39, 0.29) is 35.3 Å². The van der Waals surface area contributed by atoms with Crippen LogP contribution in [0, 0.1) is 11.5 Å². The molecule has 3 aromatic rings. The number of H-pyrrole nitrogens is 1. The van der Waals surface area contributed by atoms with Gasteiger partial charge in [-0.2, -0.15) is 26.4 Å². The van der Waals surface area contributed by atoms with Crippen LogP contribution in [-0.2, 0) is 42.5 Å². The Morgan fingerprint density at radius 1 is 0.857 bits per heavy atom. The lowest BCUT2D eigenvalue weighted by atomic mass is 9.96. The van der Waals surface area contributed by atoms with E-state index in [1.165, 1.54) is 24.0 Å². The van der Waals surface area contributed by atoms with Gasteiger partial charge in [-0.3, -0.25) is 9.80 Å². The molecule has 4 aliphatic rings. The third-order valence-electron chi connectivity index (χ3n) is 11.6. The topological polar surface area (TPSA) is 162 Å². The molecule has 4 aliphatic heterocycles. The molecular formula is C44H69Cl3N10O4S2. The number of aromatic amines is 1. The zero-order valence-electron chi connectivity index (χ0n) is 37.3. The number of aromatic nitrogens is 3. The van der Waals surface area contributed by atoms with E-state index in [0.717, 1.165) is 99.9 Å². The third-order valence-corrected chi connectivity index (χ3v) is 14.8. The van der Waals surface area contributed by atoms with Crippen LogP contribution in [0.5, 0.6) is 0 Å². The summed E-state index contributed by atoms with van der Waals surface area (Å²) in [5.74, 6) is 1.06. The molecule has 5 heterocycles. The predicted molar refractivity (Wildman–Crippen MR) is 263 cm³/mol. The molecule has 4 saturated heterocycles. The fourth-order valence-corrected chi connectivity index (χ4v) is 10.5. The quantitative estimate of drug-likeness (QED) is 0.138. The maximum atomic E-state index is 8.04. The van der Waals surface area contributed by atoms with E-state index >= 15 is 0 Å². The lowest BCUT2D eigenvalue weighted by Crippen LogP contribution is -2.58. The first-order valence-corrected chi connectivity index (χ1v) is 25.8. The zero-order chi connectivity index (χ0) is 44.1. The molecule has 0 aliphatic carbocycles. The minimum absolute atomic E-state index is 0. The van der Waals surface area contributed by atoms with Crippen LogP contribution < -0.4 is 16.0 Å². The number of halogens is 3. The number of piperidine rings is 2. The number of nitrogens with one attached hydrogen (secondary N) is 2. The van der Waals surface area contributed by atoms with Crippen LogP contribution in [0.1, 0.15) is 50.7 Å². The first kappa shape index (κ1) is 53.4. The van der Waals surface area contributed by atoms with Crippen molar-refractivity contribution in [1.29, 1.82) is 5.26 Å². The predicted octanol–water partition coefficient (Wildman–Crippen LogP) is 6.74. The number of hydrogen-bond acceptors (Lipinski definition) is 14. The Morgan fingerprint density at radius 3 is 1.78 bits per heavy atom. The summed E-state index contributed by atoms with van der Waals surface area (Å²) in [7, 11) is -0.0432. The first-order valence-electron chi connectivity index (χ1n) is 21.9. The van der Waals surface area contributed by atoms with Crippen molar-refractivity contribution in [1.82, 2.24) is 30.3 Å². The number of morpholine rings is 2. The standard InChI is InChI=1S/C21H31ClN6O2.C19H29ClN2O2.C4H8N2S2.ClH/c1-2-29-14-19-12-28(18(13-30-19)11-15-3-5-16(22)6-4-15)17-7-9-27(10-8-17)21-24-20(23)25-26-21;1-2-23-14-19-12-22(17-7-9-21-10-8-17)18(13-24-19)11-15-3-5-16(20)6-4-15;1-7-4-8(2)6-3-5;/h3-6,17-19H,2,7-14H2,1H3,(H3,23,24,25,26);3-6,17-19,21H,2,7-14H2,1H3;4H2,1-2H3;1H/t18?,19-;18-,19+;;/m10../s1. The maximum absolute atomic E-state index is 8.04. The summed E-state index contributed by atoms with van der Waals surface area (Å²) in [6.07, 6.45) is 12.6. The molecule has 14 nitrogen and oxygen atoms in total. The number of anilines is 2. The molecule has 7 rings (SSSR count). The summed E-state index contributed by atoms with van der Waals surface area (Å²) in [4.78, 5) is 11.8. The molecule has 4 fully saturated rings. The van der Waals surface area contributed by atoms with Gasteiger partial charge in [0.2, 0.25) is 18.1 Å². The van der Waals surface area contributed by atoms with Gasteiger partial charge in [0.25, 0.3) is 0 Å². The van der Waals surface area contributed by atoms with Gasteiger partial charge >= 0.3 is 0 Å². The molecular weight excluding hydrogens is 903 g/mol. The Hall–Kier alpha value is -2.24. The van der Waals surface area contributed by atoms with Crippen molar-refractivity contribution in [2.24, 2.45) is 4.36 Å². The van der Waals surface area contributed by atoms with Crippen molar-refractivity contribution in [2.75, 3.05) is 107 Å². The average molecular weight is 973 g/mol. The van der Waals surface area contributed by atoms with E-state index < -0.39 is 0 Å². The van der Waals surface area contributed by atoms with Crippen LogP contribution >= 0.6 is 47.4 Å². The number of nitrogens with zero attached hydrogens (tertiary/aromatic N) is 7. The molecule has 2 unspecified atom stereocenters. The first-order chi connectivity index (χ1) is 30.2. The molecule has 4 N–H and O–H groups in total. The van der Waals surface area contributed by atoms with E-state index in [4.69, 9.17) is 53.1 Å². The Labute approximate surface area is 398 Å². The van der Waals surface area contributed by atoms with Crippen molar-refractivity contribution in [2.45, 2.75) is 88.7 Å². The lowest BCUT2D eigenvalue weighted by Gasteiger charge is -2.46. The maximum Gasteiger partial charge on any atom is 0.246 e. The van der Waals surface area contributed by atoms with Gasteiger partial charge in [0.05, 0.1) is 43.7 Å². The second kappa shape index (κ2) is 29.4. The Balaban J connectivity index is 0.000000237. The molecule has 2 aromatic carbocycles. The SMILES string of the molecule is CCOC[C@H]1CN(C2CCN(c3n[nH]c(N)n3)CC2)C(Cc2ccc(Cl)cc2)CO1.CCOC[C@H]1CN(C2CCNCC2)[C@@H](Cc2ccc(Cl)cc2)CO1.CSCS(C)=NC#N.Cl. The second-order valence-corrected chi connectivity index (χ2v) is 19.8. The molecule has 0 radical (unpaired) electrons. The van der Waals surface area contributed by atoms with Gasteiger partial charge in [0.15, 0.2) is 0 Å². The second-order valence-electron chi connectivity index (χ2n) is 16.0. The molecule has 0 spiro atoms. The van der Waals surface area contributed by atoms with E-state index in [2.05, 4.69) is 63.8 Å². The molecule has 19 heteroatoms.